The number of aryl methyl sites for hydroxylation is 1. The minimum absolute atomic E-state index is 0.250. The number of methoxy groups -OCH3 is 1. The van der Waals surface area contributed by atoms with Crippen molar-refractivity contribution in [2.75, 3.05) is 45.7 Å². The highest BCUT2D eigenvalue weighted by Crippen LogP contribution is 2.19. The standard InChI is InChI=1S/C15H26N4O3S/c1-13-5-4-6-15(16-13)17-14-7-9-19(10-8-14)23(20,21)18(2)11-12-22-3/h4-6,14H,7-12H2,1-3H3,(H,16,17). The van der Waals surface area contributed by atoms with E-state index in [1.54, 1.807) is 18.5 Å². The second kappa shape index (κ2) is 8.05. The van der Waals surface area contributed by atoms with Gasteiger partial charge in [0, 0.05) is 45.5 Å². The first kappa shape index (κ1) is 18.1. The quantitative estimate of drug-likeness (QED) is 0.803. The van der Waals surface area contributed by atoms with Crippen LogP contribution in [0.4, 0.5) is 5.82 Å². The van der Waals surface area contributed by atoms with Gasteiger partial charge in [0.15, 0.2) is 0 Å². The summed E-state index contributed by atoms with van der Waals surface area (Å²) in [4.78, 5) is 4.43. The third-order valence-corrected chi connectivity index (χ3v) is 6.01. The zero-order valence-electron chi connectivity index (χ0n) is 14.0. The van der Waals surface area contributed by atoms with Crippen LogP contribution in [0.25, 0.3) is 0 Å². The zero-order chi connectivity index (χ0) is 16.9. The minimum Gasteiger partial charge on any atom is -0.383 e. The van der Waals surface area contributed by atoms with Crippen LogP contribution in [0, 0.1) is 6.92 Å². The molecule has 0 aromatic carbocycles. The molecule has 2 rings (SSSR count). The molecule has 0 saturated carbocycles. The summed E-state index contributed by atoms with van der Waals surface area (Å²) in [6, 6.07) is 6.11. The molecule has 0 atom stereocenters. The lowest BCUT2D eigenvalue weighted by atomic mass is 10.1. The van der Waals surface area contributed by atoms with Crippen molar-refractivity contribution in [1.29, 1.82) is 0 Å². The van der Waals surface area contributed by atoms with E-state index in [0.29, 0.717) is 26.2 Å². The molecule has 1 aromatic rings. The Labute approximate surface area is 138 Å². The fraction of sp³-hybridized carbons (Fsp3) is 0.667. The number of hydrogen-bond donors (Lipinski definition) is 1. The molecule has 1 N–H and O–H groups in total. The fourth-order valence-corrected chi connectivity index (χ4v) is 3.97. The average molecular weight is 342 g/mol. The molecule has 7 nitrogen and oxygen atoms in total. The van der Waals surface area contributed by atoms with E-state index >= 15 is 0 Å². The van der Waals surface area contributed by atoms with Crippen LogP contribution in [0.3, 0.4) is 0 Å². The molecule has 0 radical (unpaired) electrons. The lowest BCUT2D eigenvalue weighted by molar-refractivity contribution is 0.181. The van der Waals surface area contributed by atoms with Crippen molar-refractivity contribution in [3.63, 3.8) is 0 Å². The maximum Gasteiger partial charge on any atom is 0.281 e. The molecule has 2 heterocycles. The molecule has 0 aliphatic carbocycles. The molecule has 0 unspecified atom stereocenters. The largest absolute Gasteiger partial charge is 0.383 e. The molecule has 1 fully saturated rings. The number of pyridine rings is 1. The van der Waals surface area contributed by atoms with E-state index in [0.717, 1.165) is 24.4 Å². The molecule has 8 heteroatoms. The van der Waals surface area contributed by atoms with Gasteiger partial charge in [0.25, 0.3) is 10.2 Å². The van der Waals surface area contributed by atoms with E-state index in [1.807, 2.05) is 25.1 Å². The van der Waals surface area contributed by atoms with E-state index in [4.69, 9.17) is 4.74 Å². The van der Waals surface area contributed by atoms with Gasteiger partial charge in [-0.15, -0.1) is 0 Å². The Balaban J connectivity index is 1.88. The van der Waals surface area contributed by atoms with Gasteiger partial charge in [0.1, 0.15) is 5.82 Å². The van der Waals surface area contributed by atoms with Crippen LogP contribution < -0.4 is 5.32 Å². The Hall–Kier alpha value is -1.22. The van der Waals surface area contributed by atoms with Crippen LogP contribution in [-0.2, 0) is 14.9 Å². The lowest BCUT2D eigenvalue weighted by Crippen LogP contribution is -2.48. The molecular formula is C15H26N4O3S. The number of likely N-dealkylation sites (N-methyl/N-ethyl adjacent to an activating group) is 1. The topological polar surface area (TPSA) is 74.8 Å². The van der Waals surface area contributed by atoms with Gasteiger partial charge in [-0.25, -0.2) is 4.98 Å². The molecule has 1 saturated heterocycles. The number of rotatable bonds is 7. The van der Waals surface area contributed by atoms with Crippen molar-refractivity contribution in [3.8, 4) is 0 Å². The first-order valence-corrected chi connectivity index (χ1v) is 9.23. The maximum atomic E-state index is 12.5. The number of nitrogens with one attached hydrogen (secondary N) is 1. The second-order valence-corrected chi connectivity index (χ2v) is 7.84. The van der Waals surface area contributed by atoms with Crippen molar-refractivity contribution in [2.24, 2.45) is 0 Å². The monoisotopic (exact) mass is 342 g/mol. The minimum atomic E-state index is -3.39. The first-order chi connectivity index (χ1) is 10.9. The van der Waals surface area contributed by atoms with Crippen molar-refractivity contribution < 1.29 is 13.2 Å². The molecule has 1 aliphatic heterocycles. The Morgan fingerprint density at radius 1 is 1.39 bits per heavy atom. The smallest absolute Gasteiger partial charge is 0.281 e. The highest BCUT2D eigenvalue weighted by molar-refractivity contribution is 7.86. The highest BCUT2D eigenvalue weighted by atomic mass is 32.2. The van der Waals surface area contributed by atoms with Crippen LogP contribution in [0.2, 0.25) is 0 Å². The van der Waals surface area contributed by atoms with Crippen molar-refractivity contribution >= 4 is 16.0 Å². The van der Waals surface area contributed by atoms with Crippen LogP contribution in [-0.4, -0.2) is 68.5 Å². The average Bonchev–Trinajstić information content (AvgIpc) is 2.53. The Morgan fingerprint density at radius 2 is 2.09 bits per heavy atom. The summed E-state index contributed by atoms with van der Waals surface area (Å²) in [6.45, 7) is 3.75. The van der Waals surface area contributed by atoms with E-state index in [2.05, 4.69) is 10.3 Å². The predicted molar refractivity (Wildman–Crippen MR) is 90.6 cm³/mol. The number of aromatic nitrogens is 1. The third kappa shape index (κ3) is 4.87. The number of anilines is 1. The molecule has 1 aliphatic rings. The van der Waals surface area contributed by atoms with E-state index < -0.39 is 10.2 Å². The molecule has 0 bridgehead atoms. The number of piperidine rings is 1. The van der Waals surface area contributed by atoms with Crippen LogP contribution in [0.5, 0.6) is 0 Å². The maximum absolute atomic E-state index is 12.5. The highest BCUT2D eigenvalue weighted by Gasteiger charge is 2.30. The molecule has 0 spiro atoms. The molecule has 1 aromatic heterocycles. The summed E-state index contributed by atoms with van der Waals surface area (Å²) >= 11 is 0. The third-order valence-electron chi connectivity index (χ3n) is 4.02. The molecule has 23 heavy (non-hydrogen) atoms. The van der Waals surface area contributed by atoms with Crippen molar-refractivity contribution in [1.82, 2.24) is 13.6 Å². The Morgan fingerprint density at radius 3 is 2.70 bits per heavy atom. The Bertz CT molecular complexity index is 600. The fourth-order valence-electron chi connectivity index (χ4n) is 2.60. The van der Waals surface area contributed by atoms with Gasteiger partial charge in [0.05, 0.1) is 6.61 Å². The normalized spacial score (nSPS) is 17.6. The summed E-state index contributed by atoms with van der Waals surface area (Å²) in [7, 11) is -0.235. The Kier molecular flexibility index (Phi) is 6.34. The number of ether oxygens (including phenoxy) is 1. The lowest BCUT2D eigenvalue weighted by Gasteiger charge is -2.34. The second-order valence-electron chi connectivity index (χ2n) is 5.80. The van der Waals surface area contributed by atoms with E-state index in [1.165, 1.54) is 4.31 Å². The van der Waals surface area contributed by atoms with Gasteiger partial charge in [-0.05, 0) is 31.9 Å². The SMILES string of the molecule is COCCN(C)S(=O)(=O)N1CCC(Nc2cccc(C)n2)CC1. The van der Waals surface area contributed by atoms with Gasteiger partial charge in [-0.3, -0.25) is 0 Å². The number of nitrogens with zero attached hydrogens (tertiary/aromatic N) is 3. The summed E-state index contributed by atoms with van der Waals surface area (Å²) < 4.78 is 32.8. The van der Waals surface area contributed by atoms with E-state index in [9.17, 15) is 8.42 Å². The van der Waals surface area contributed by atoms with Crippen LogP contribution in [0.15, 0.2) is 18.2 Å². The van der Waals surface area contributed by atoms with Gasteiger partial charge >= 0.3 is 0 Å². The molecular weight excluding hydrogens is 316 g/mol. The summed E-state index contributed by atoms with van der Waals surface area (Å²) in [5.74, 6) is 0.850. The van der Waals surface area contributed by atoms with Crippen LogP contribution in [0.1, 0.15) is 18.5 Å². The van der Waals surface area contributed by atoms with Gasteiger partial charge in [-0.2, -0.15) is 17.0 Å². The van der Waals surface area contributed by atoms with Crippen LogP contribution >= 0.6 is 0 Å². The van der Waals surface area contributed by atoms with Gasteiger partial charge in [0.2, 0.25) is 0 Å². The molecule has 130 valence electrons. The summed E-state index contributed by atoms with van der Waals surface area (Å²) in [5.41, 5.74) is 0.967. The van der Waals surface area contributed by atoms with Crippen molar-refractivity contribution in [3.05, 3.63) is 23.9 Å². The zero-order valence-corrected chi connectivity index (χ0v) is 14.8. The summed E-state index contributed by atoms with van der Waals surface area (Å²) in [5, 5.41) is 3.39. The van der Waals surface area contributed by atoms with E-state index in [-0.39, 0.29) is 6.04 Å². The first-order valence-electron chi connectivity index (χ1n) is 7.84. The van der Waals surface area contributed by atoms with Crippen molar-refractivity contribution in [2.45, 2.75) is 25.8 Å². The van der Waals surface area contributed by atoms with Gasteiger partial charge in [-0.1, -0.05) is 6.07 Å². The summed E-state index contributed by atoms with van der Waals surface area (Å²) in [6.07, 6.45) is 1.54. The predicted octanol–water partition coefficient (Wildman–Crippen LogP) is 1.09. The van der Waals surface area contributed by atoms with Gasteiger partial charge < -0.3 is 10.1 Å². The molecule has 0 amide bonds. The number of hydrogen-bond acceptors (Lipinski definition) is 5.